The highest BCUT2D eigenvalue weighted by atomic mass is 32.3. The number of aromatic nitrogens is 1. The molecular formula is C16H15NS8. The van der Waals surface area contributed by atoms with Gasteiger partial charge in [-0.25, -0.2) is 0 Å². The van der Waals surface area contributed by atoms with Gasteiger partial charge in [0.25, 0.3) is 0 Å². The molecule has 1 aromatic heterocycles. The molecule has 0 N–H and O–H groups in total. The normalized spacial score (nSPS) is 26.0. The van der Waals surface area contributed by atoms with Gasteiger partial charge in [0.1, 0.15) is 0 Å². The van der Waals surface area contributed by atoms with E-state index in [1.54, 1.807) is 0 Å². The van der Waals surface area contributed by atoms with E-state index in [4.69, 9.17) is 0 Å². The molecular weight excluding hydrogens is 463 g/mol. The third kappa shape index (κ3) is 4.13. The lowest BCUT2D eigenvalue weighted by Crippen LogP contribution is -2.04. The fraction of sp³-hybridized carbons (Fsp3) is 0.312. The molecule has 3 aliphatic rings. The van der Waals surface area contributed by atoms with Gasteiger partial charge < -0.3 is 0 Å². The van der Waals surface area contributed by atoms with E-state index in [1.807, 2.05) is 89.0 Å². The number of allylic oxidation sites excluding steroid dienone is 1. The molecule has 1 saturated heterocycles. The summed E-state index contributed by atoms with van der Waals surface area (Å²) < 4.78 is 8.69. The maximum atomic E-state index is 4.25. The summed E-state index contributed by atoms with van der Waals surface area (Å²) in [5, 5.41) is 0. The van der Waals surface area contributed by atoms with Crippen molar-refractivity contribution in [1.29, 1.82) is 0 Å². The summed E-state index contributed by atoms with van der Waals surface area (Å²) in [5.41, 5.74) is 2.56. The molecule has 0 spiro atoms. The average molecular weight is 478 g/mol. The Morgan fingerprint density at radius 1 is 0.920 bits per heavy atom. The molecule has 4 rings (SSSR count). The monoisotopic (exact) mass is 477 g/mol. The van der Waals surface area contributed by atoms with Crippen molar-refractivity contribution in [1.82, 2.24) is 4.98 Å². The lowest BCUT2D eigenvalue weighted by Gasteiger charge is -2.10. The summed E-state index contributed by atoms with van der Waals surface area (Å²) in [7, 11) is 0. The predicted molar refractivity (Wildman–Crippen MR) is 131 cm³/mol. The summed E-state index contributed by atoms with van der Waals surface area (Å²) in [4.78, 5) is 4.25. The fourth-order valence-corrected chi connectivity index (χ4v) is 15.2. The molecule has 1 fully saturated rings. The van der Waals surface area contributed by atoms with Gasteiger partial charge in [-0.1, -0.05) is 53.1 Å². The molecule has 4 heterocycles. The van der Waals surface area contributed by atoms with Gasteiger partial charge in [-0.05, 0) is 36.6 Å². The summed E-state index contributed by atoms with van der Waals surface area (Å²) in [6, 6.07) is 4.15. The summed E-state index contributed by atoms with van der Waals surface area (Å²) in [5.74, 6) is 0. The number of nitrogens with zero attached hydrogens (tertiary/aromatic N) is 1. The van der Waals surface area contributed by atoms with Crippen molar-refractivity contribution >= 4 is 99.7 Å². The van der Waals surface area contributed by atoms with E-state index in [9.17, 15) is 0 Å². The zero-order valence-corrected chi connectivity index (χ0v) is 20.2. The third-order valence-corrected chi connectivity index (χ3v) is 16.3. The second-order valence-corrected chi connectivity index (χ2v) is 15.4. The van der Waals surface area contributed by atoms with Gasteiger partial charge >= 0.3 is 0 Å². The van der Waals surface area contributed by atoms with Crippen molar-refractivity contribution < 1.29 is 0 Å². The Balaban J connectivity index is 1.48. The van der Waals surface area contributed by atoms with Crippen molar-refractivity contribution in [2.75, 3.05) is 12.5 Å². The molecule has 132 valence electrons. The third-order valence-electron chi connectivity index (χ3n) is 3.61. The Labute approximate surface area is 183 Å². The molecule has 0 bridgehead atoms. The van der Waals surface area contributed by atoms with Crippen molar-refractivity contribution in [3.63, 3.8) is 0 Å². The standard InChI is InChI=1S/C16H15NS8/c1-8(9-5-4-6-17-7-9)10-20-13-14(21-10)25-16(24-13)15-22-11(18-2)12(19-3)23-15/h4-7,11-12H,1-3H3. The van der Waals surface area contributed by atoms with Crippen LogP contribution in [0.3, 0.4) is 0 Å². The van der Waals surface area contributed by atoms with E-state index in [0.29, 0.717) is 9.16 Å². The van der Waals surface area contributed by atoms with Crippen LogP contribution in [0.2, 0.25) is 0 Å². The molecule has 2 unspecified atom stereocenters. The molecule has 1 nitrogen and oxygen atoms in total. The van der Waals surface area contributed by atoms with Gasteiger partial charge in [-0.15, -0.1) is 47.0 Å². The summed E-state index contributed by atoms with van der Waals surface area (Å²) >= 11 is 15.9. The van der Waals surface area contributed by atoms with Crippen LogP contribution >= 0.6 is 94.1 Å². The first-order valence-corrected chi connectivity index (χ1v) is 15.0. The Kier molecular flexibility index (Phi) is 6.76. The van der Waals surface area contributed by atoms with Gasteiger partial charge in [0.05, 0.1) is 30.3 Å². The van der Waals surface area contributed by atoms with Crippen LogP contribution in [-0.4, -0.2) is 26.7 Å². The van der Waals surface area contributed by atoms with Crippen LogP contribution in [0.25, 0.3) is 5.57 Å². The van der Waals surface area contributed by atoms with E-state index in [-0.39, 0.29) is 0 Å². The van der Waals surface area contributed by atoms with Gasteiger partial charge in [0.2, 0.25) is 0 Å². The zero-order valence-electron chi connectivity index (χ0n) is 13.7. The Morgan fingerprint density at radius 3 is 2.04 bits per heavy atom. The van der Waals surface area contributed by atoms with Crippen LogP contribution in [0, 0.1) is 0 Å². The minimum absolute atomic E-state index is 0.669. The van der Waals surface area contributed by atoms with Crippen molar-refractivity contribution in [2.45, 2.75) is 16.1 Å². The van der Waals surface area contributed by atoms with Crippen molar-refractivity contribution in [3.05, 3.63) is 51.3 Å². The SMILES string of the molecule is CSC1SC(=C2SC3=C(S2)SC(=C(C)c2cccnc2)S3)SC1SC. The molecule has 0 saturated carbocycles. The van der Waals surface area contributed by atoms with E-state index in [1.165, 1.54) is 32.3 Å². The van der Waals surface area contributed by atoms with Crippen molar-refractivity contribution in [2.24, 2.45) is 0 Å². The first kappa shape index (κ1) is 19.5. The highest BCUT2D eigenvalue weighted by Gasteiger charge is 2.38. The molecule has 0 aliphatic carbocycles. The second kappa shape index (κ2) is 8.68. The summed E-state index contributed by atoms with van der Waals surface area (Å²) in [6.07, 6.45) is 8.25. The van der Waals surface area contributed by atoms with Gasteiger partial charge in [-0.2, -0.15) is 0 Å². The van der Waals surface area contributed by atoms with Crippen LogP contribution in [0.15, 0.2) is 45.7 Å². The predicted octanol–water partition coefficient (Wildman–Crippen LogP) is 7.84. The molecule has 0 radical (unpaired) electrons. The Bertz CT molecular complexity index is 734. The first-order valence-electron chi connectivity index (χ1n) is 7.39. The summed E-state index contributed by atoms with van der Waals surface area (Å²) in [6.45, 7) is 2.21. The van der Waals surface area contributed by atoms with Crippen molar-refractivity contribution in [3.8, 4) is 0 Å². The van der Waals surface area contributed by atoms with Crippen LogP contribution in [0.4, 0.5) is 0 Å². The molecule has 1 aromatic rings. The van der Waals surface area contributed by atoms with Gasteiger partial charge in [-0.3, -0.25) is 4.98 Å². The van der Waals surface area contributed by atoms with Gasteiger partial charge in [0, 0.05) is 12.4 Å². The zero-order chi connectivity index (χ0) is 17.4. The number of rotatable bonds is 3. The highest BCUT2D eigenvalue weighted by Crippen LogP contribution is 2.70. The minimum atomic E-state index is 0.669. The number of pyridine rings is 1. The highest BCUT2D eigenvalue weighted by molar-refractivity contribution is 8.49. The maximum Gasteiger partial charge on any atom is 0.0765 e. The molecule has 9 heteroatoms. The van der Waals surface area contributed by atoms with Crippen LogP contribution in [0.5, 0.6) is 0 Å². The fourth-order valence-electron chi connectivity index (χ4n) is 2.29. The van der Waals surface area contributed by atoms with Crippen LogP contribution < -0.4 is 0 Å². The smallest absolute Gasteiger partial charge is 0.0765 e. The average Bonchev–Trinajstić information content (AvgIpc) is 3.33. The van der Waals surface area contributed by atoms with E-state index in [0.717, 1.165) is 0 Å². The Morgan fingerprint density at radius 2 is 1.52 bits per heavy atom. The largest absolute Gasteiger partial charge is 0.264 e. The number of thioether (sulfide) groups is 8. The van der Waals surface area contributed by atoms with Crippen LogP contribution in [0.1, 0.15) is 12.5 Å². The molecule has 0 aromatic carbocycles. The van der Waals surface area contributed by atoms with E-state index < -0.39 is 0 Å². The molecule has 0 amide bonds. The lowest BCUT2D eigenvalue weighted by molar-refractivity contribution is 1.31. The first-order chi connectivity index (χ1) is 12.2. The van der Waals surface area contributed by atoms with E-state index >= 15 is 0 Å². The molecule has 25 heavy (non-hydrogen) atoms. The van der Waals surface area contributed by atoms with Crippen LogP contribution in [-0.2, 0) is 0 Å². The number of hydrogen-bond acceptors (Lipinski definition) is 9. The minimum Gasteiger partial charge on any atom is -0.264 e. The number of hydrogen-bond donors (Lipinski definition) is 0. The van der Waals surface area contributed by atoms with E-state index in [2.05, 4.69) is 54.0 Å². The maximum absolute atomic E-state index is 4.25. The lowest BCUT2D eigenvalue weighted by atomic mass is 10.2. The topological polar surface area (TPSA) is 12.9 Å². The Hall–Kier alpha value is 1.17. The quantitative estimate of drug-likeness (QED) is 0.428. The molecule has 2 atom stereocenters. The van der Waals surface area contributed by atoms with Gasteiger partial charge in [0.15, 0.2) is 0 Å². The molecule has 3 aliphatic heterocycles. The second-order valence-electron chi connectivity index (χ2n) is 5.16.